The zero-order valence-corrected chi connectivity index (χ0v) is 21.8. The number of amides is 1. The molecule has 3 unspecified atom stereocenters. The molecule has 2 rings (SSSR count). The van der Waals surface area contributed by atoms with E-state index in [-0.39, 0.29) is 65.4 Å². The lowest BCUT2D eigenvalue weighted by molar-refractivity contribution is -0.133. The molecule has 0 aromatic carbocycles. The third-order valence-electron chi connectivity index (χ3n) is 6.33. The molecule has 0 spiro atoms. The molecule has 0 bridgehead atoms. The van der Waals surface area contributed by atoms with Gasteiger partial charge >= 0.3 is 0 Å². The number of nitrogens with zero attached hydrogens (tertiary/aromatic N) is 1. The highest BCUT2D eigenvalue weighted by atomic mass is 127. The molecular weight excluding hydrogens is 519 g/mol. The molecular formula is C20H39IN4O4S. The second-order valence-corrected chi connectivity index (χ2v) is 10.2. The summed E-state index contributed by atoms with van der Waals surface area (Å²) in [7, 11) is -2.99. The van der Waals surface area contributed by atoms with Crippen molar-refractivity contribution >= 4 is 45.7 Å². The Hall–Kier alpha value is -0.620. The summed E-state index contributed by atoms with van der Waals surface area (Å²) in [6.07, 6.45) is 4.05. The first kappa shape index (κ1) is 27.4. The number of hydrogen-bond donors (Lipinski definition) is 3. The van der Waals surface area contributed by atoms with Gasteiger partial charge in [-0.15, -0.1) is 24.0 Å². The average molecular weight is 559 g/mol. The molecule has 30 heavy (non-hydrogen) atoms. The Kier molecular flexibility index (Phi) is 11.4. The van der Waals surface area contributed by atoms with Gasteiger partial charge in [0.05, 0.1) is 24.2 Å². The van der Waals surface area contributed by atoms with E-state index in [1.54, 1.807) is 0 Å². The Morgan fingerprint density at radius 2 is 1.87 bits per heavy atom. The molecule has 3 N–H and O–H groups in total. The van der Waals surface area contributed by atoms with Crippen LogP contribution in [0.5, 0.6) is 0 Å². The molecule has 176 valence electrons. The molecule has 0 aromatic heterocycles. The van der Waals surface area contributed by atoms with E-state index in [9.17, 15) is 13.2 Å². The fourth-order valence-corrected chi connectivity index (χ4v) is 6.22. The van der Waals surface area contributed by atoms with E-state index < -0.39 is 9.84 Å². The minimum Gasteiger partial charge on any atom is -0.378 e. The molecule has 2 fully saturated rings. The zero-order valence-electron chi connectivity index (χ0n) is 18.7. The van der Waals surface area contributed by atoms with Gasteiger partial charge in [-0.2, -0.15) is 0 Å². The Morgan fingerprint density at radius 1 is 1.17 bits per heavy atom. The molecule has 1 saturated carbocycles. The number of hydrogen-bond acceptors (Lipinski definition) is 5. The van der Waals surface area contributed by atoms with Crippen molar-refractivity contribution in [3.05, 3.63) is 0 Å². The highest BCUT2D eigenvalue weighted by Crippen LogP contribution is 2.48. The minimum atomic E-state index is -2.99. The van der Waals surface area contributed by atoms with Gasteiger partial charge in [0.2, 0.25) is 5.91 Å². The van der Waals surface area contributed by atoms with E-state index in [1.165, 1.54) is 0 Å². The summed E-state index contributed by atoms with van der Waals surface area (Å²) < 4.78 is 28.9. The third kappa shape index (κ3) is 6.94. The van der Waals surface area contributed by atoms with Crippen molar-refractivity contribution in [1.29, 1.82) is 0 Å². The monoisotopic (exact) mass is 558 g/mol. The van der Waals surface area contributed by atoms with Crippen molar-refractivity contribution in [3.63, 3.8) is 0 Å². The van der Waals surface area contributed by atoms with Crippen LogP contribution in [0.3, 0.4) is 0 Å². The molecule has 1 amide bonds. The maximum absolute atomic E-state index is 12.1. The van der Waals surface area contributed by atoms with Crippen molar-refractivity contribution in [2.24, 2.45) is 10.4 Å². The number of carbonyl (C=O) groups excluding carboxylic acids is 1. The van der Waals surface area contributed by atoms with E-state index in [0.717, 1.165) is 38.4 Å². The van der Waals surface area contributed by atoms with Gasteiger partial charge in [-0.3, -0.25) is 9.79 Å². The van der Waals surface area contributed by atoms with Gasteiger partial charge in [0, 0.05) is 37.1 Å². The van der Waals surface area contributed by atoms with E-state index in [4.69, 9.17) is 4.74 Å². The van der Waals surface area contributed by atoms with Crippen molar-refractivity contribution < 1.29 is 17.9 Å². The largest absolute Gasteiger partial charge is 0.378 e. The lowest BCUT2D eigenvalue weighted by atomic mass is 9.58. The normalized spacial score (nSPS) is 26.9. The Balaban J connectivity index is 0.00000450. The van der Waals surface area contributed by atoms with Crippen LogP contribution in [0.2, 0.25) is 0 Å². The highest BCUT2D eigenvalue weighted by Gasteiger charge is 2.53. The lowest BCUT2D eigenvalue weighted by Gasteiger charge is -2.55. The molecule has 1 aliphatic heterocycles. The number of ether oxygens (including phenoxy) is 1. The fourth-order valence-electron chi connectivity index (χ4n) is 4.55. The molecule has 8 nitrogen and oxygen atoms in total. The van der Waals surface area contributed by atoms with Gasteiger partial charge < -0.3 is 20.7 Å². The smallest absolute Gasteiger partial charge is 0.222 e. The molecule has 3 atom stereocenters. The first-order valence-corrected chi connectivity index (χ1v) is 12.8. The SMILES string of the molecule is CCNC(=NCCC(=O)NC1CCS(=O)(=O)C1)NC1CC(OCC)C1(CC)CC.I. The zero-order chi connectivity index (χ0) is 21.5. The van der Waals surface area contributed by atoms with Crippen molar-refractivity contribution in [1.82, 2.24) is 16.0 Å². The van der Waals surface area contributed by atoms with E-state index in [0.29, 0.717) is 19.0 Å². The predicted octanol–water partition coefficient (Wildman–Crippen LogP) is 1.84. The van der Waals surface area contributed by atoms with Gasteiger partial charge in [-0.05, 0) is 39.5 Å². The summed E-state index contributed by atoms with van der Waals surface area (Å²) in [5, 5.41) is 9.61. The first-order valence-electron chi connectivity index (χ1n) is 11.0. The molecule has 0 radical (unpaired) electrons. The molecule has 10 heteroatoms. The van der Waals surface area contributed by atoms with Crippen LogP contribution in [-0.2, 0) is 19.4 Å². The first-order chi connectivity index (χ1) is 13.8. The van der Waals surface area contributed by atoms with Crippen LogP contribution < -0.4 is 16.0 Å². The quantitative estimate of drug-likeness (QED) is 0.215. The number of aliphatic imine (C=N–C) groups is 1. The predicted molar refractivity (Wildman–Crippen MR) is 131 cm³/mol. The number of guanidine groups is 1. The van der Waals surface area contributed by atoms with E-state index in [2.05, 4.69) is 34.8 Å². The summed E-state index contributed by atoms with van der Waals surface area (Å²) in [5.74, 6) is 0.772. The van der Waals surface area contributed by atoms with Crippen molar-refractivity contribution in [3.8, 4) is 0 Å². The van der Waals surface area contributed by atoms with Crippen LogP contribution >= 0.6 is 24.0 Å². The lowest BCUT2D eigenvalue weighted by Crippen LogP contribution is -2.65. The highest BCUT2D eigenvalue weighted by molar-refractivity contribution is 14.0. The number of sulfone groups is 1. The topological polar surface area (TPSA) is 109 Å². The Bertz CT molecular complexity index is 682. The van der Waals surface area contributed by atoms with Gasteiger partial charge in [-0.25, -0.2) is 8.42 Å². The maximum Gasteiger partial charge on any atom is 0.222 e. The molecule has 1 heterocycles. The second kappa shape index (κ2) is 12.4. The van der Waals surface area contributed by atoms with Crippen LogP contribution in [0, 0.1) is 5.41 Å². The maximum atomic E-state index is 12.1. The number of carbonyl (C=O) groups is 1. The van der Waals surface area contributed by atoms with Crippen LogP contribution in [0.4, 0.5) is 0 Å². The fraction of sp³-hybridized carbons (Fsp3) is 0.900. The van der Waals surface area contributed by atoms with Crippen molar-refractivity contribution in [2.45, 2.75) is 78.0 Å². The Morgan fingerprint density at radius 3 is 2.40 bits per heavy atom. The Labute approximate surface area is 198 Å². The summed E-state index contributed by atoms with van der Waals surface area (Å²) in [5.41, 5.74) is 0.109. The minimum absolute atomic E-state index is 0. The van der Waals surface area contributed by atoms with Crippen LogP contribution in [0.15, 0.2) is 4.99 Å². The van der Waals surface area contributed by atoms with Crippen LogP contribution in [0.25, 0.3) is 0 Å². The summed E-state index contributed by atoms with van der Waals surface area (Å²) in [4.78, 5) is 16.7. The second-order valence-electron chi connectivity index (χ2n) is 8.00. The van der Waals surface area contributed by atoms with Gasteiger partial charge in [0.15, 0.2) is 15.8 Å². The van der Waals surface area contributed by atoms with Gasteiger partial charge in [0.1, 0.15) is 0 Å². The number of halogens is 1. The molecule has 2 aliphatic rings. The average Bonchev–Trinajstić information content (AvgIpc) is 3.00. The van der Waals surface area contributed by atoms with E-state index in [1.807, 2.05) is 13.8 Å². The van der Waals surface area contributed by atoms with Crippen LogP contribution in [0.1, 0.15) is 59.8 Å². The molecule has 1 aliphatic carbocycles. The number of nitrogens with one attached hydrogen (secondary N) is 3. The summed E-state index contributed by atoms with van der Waals surface area (Å²) in [6.45, 7) is 10.3. The van der Waals surface area contributed by atoms with Gasteiger partial charge in [-0.1, -0.05) is 13.8 Å². The molecule has 1 saturated heterocycles. The van der Waals surface area contributed by atoms with E-state index >= 15 is 0 Å². The van der Waals surface area contributed by atoms with Crippen molar-refractivity contribution in [2.75, 3.05) is 31.2 Å². The third-order valence-corrected chi connectivity index (χ3v) is 8.10. The number of rotatable bonds is 10. The standard InChI is InChI=1S/C20H38N4O4S.HI/c1-5-20(6-2)16(13-17(20)28-8-4)24-19(21-7-3)22-11-9-18(25)23-15-10-12-29(26,27)14-15;/h15-17H,5-14H2,1-4H3,(H,23,25)(H2,21,22,24);1H. The summed E-state index contributed by atoms with van der Waals surface area (Å²) in [6, 6.07) is 0.0346. The van der Waals surface area contributed by atoms with Gasteiger partial charge in [0.25, 0.3) is 0 Å². The summed E-state index contributed by atoms with van der Waals surface area (Å²) >= 11 is 0. The van der Waals surface area contributed by atoms with Crippen LogP contribution in [-0.4, -0.2) is 69.7 Å². The molecule has 0 aromatic rings.